The molecule has 2 fully saturated rings. The molecule has 24 heavy (non-hydrogen) atoms. The van der Waals surface area contributed by atoms with Crippen LogP contribution in [0.5, 0.6) is 0 Å². The van der Waals surface area contributed by atoms with Crippen LogP contribution >= 0.6 is 0 Å². The summed E-state index contributed by atoms with van der Waals surface area (Å²) in [5.74, 6) is 0.625. The summed E-state index contributed by atoms with van der Waals surface area (Å²) in [5.41, 5.74) is 0.549. The molecule has 3 heterocycles. The zero-order valence-corrected chi connectivity index (χ0v) is 14.0. The summed E-state index contributed by atoms with van der Waals surface area (Å²) in [6.07, 6.45) is 7.31. The molecular weight excluding hydrogens is 304 g/mol. The molecule has 0 saturated carbocycles. The average Bonchev–Trinajstić information content (AvgIpc) is 2.64. The van der Waals surface area contributed by atoms with Gasteiger partial charge in [-0.1, -0.05) is 12.5 Å². The van der Waals surface area contributed by atoms with Gasteiger partial charge in [0.1, 0.15) is 5.82 Å². The van der Waals surface area contributed by atoms with Crippen LogP contribution in [0.25, 0.3) is 0 Å². The summed E-state index contributed by atoms with van der Waals surface area (Å²) >= 11 is 0. The normalized spacial score (nSPS) is 24.0. The van der Waals surface area contributed by atoms with E-state index in [0.29, 0.717) is 18.2 Å². The molecule has 2 aliphatic heterocycles. The van der Waals surface area contributed by atoms with Gasteiger partial charge < -0.3 is 15.4 Å². The Balaban J connectivity index is 1.46. The number of nitrogens with one attached hydrogen (secondary N) is 2. The molecule has 130 valence electrons. The molecule has 0 bridgehead atoms. The van der Waals surface area contributed by atoms with Gasteiger partial charge in [0.2, 0.25) is 0 Å². The Kier molecular flexibility index (Phi) is 5.82. The Morgan fingerprint density at radius 2 is 2.38 bits per heavy atom. The first-order valence-electron chi connectivity index (χ1n) is 8.71. The second kappa shape index (κ2) is 8.26. The minimum Gasteiger partial charge on any atom is -0.373 e. The second-order valence-electron chi connectivity index (χ2n) is 6.41. The number of hydrogen-bond donors (Lipinski definition) is 2. The van der Waals surface area contributed by atoms with Gasteiger partial charge in [-0.3, -0.25) is 9.69 Å². The fraction of sp³-hybridized carbons (Fsp3) is 0.556. The van der Waals surface area contributed by atoms with E-state index in [4.69, 9.17) is 4.74 Å². The van der Waals surface area contributed by atoms with E-state index in [2.05, 4.69) is 27.1 Å². The lowest BCUT2D eigenvalue weighted by atomic mass is 10.0. The van der Waals surface area contributed by atoms with Crippen molar-refractivity contribution in [3.05, 3.63) is 36.5 Å². The fourth-order valence-electron chi connectivity index (χ4n) is 3.29. The van der Waals surface area contributed by atoms with E-state index in [1.807, 2.05) is 6.07 Å². The number of carbonyl (C=O) groups excluding carboxylic acids is 1. The predicted molar refractivity (Wildman–Crippen MR) is 94.2 cm³/mol. The lowest BCUT2D eigenvalue weighted by Gasteiger charge is -2.42. The summed E-state index contributed by atoms with van der Waals surface area (Å²) in [6, 6.07) is 4.22. The number of fused-ring (bicyclic) bond motifs is 1. The van der Waals surface area contributed by atoms with E-state index in [0.717, 1.165) is 25.5 Å². The summed E-state index contributed by atoms with van der Waals surface area (Å²) in [5, 5.41) is 6.04. The highest BCUT2D eigenvalue weighted by atomic mass is 16.5. The van der Waals surface area contributed by atoms with Crippen molar-refractivity contribution in [2.45, 2.75) is 31.4 Å². The lowest BCUT2D eigenvalue weighted by molar-refractivity contribution is -0.0689. The quantitative estimate of drug-likeness (QED) is 0.777. The van der Waals surface area contributed by atoms with Gasteiger partial charge >= 0.3 is 0 Å². The number of pyridine rings is 1. The molecule has 0 spiro atoms. The minimum atomic E-state index is -0.138. The van der Waals surface area contributed by atoms with Crippen molar-refractivity contribution in [3.63, 3.8) is 0 Å². The number of anilines is 1. The number of aromatic nitrogens is 1. The number of carbonyl (C=O) groups is 1. The zero-order valence-electron chi connectivity index (χ0n) is 14.0. The highest BCUT2D eigenvalue weighted by Gasteiger charge is 2.30. The largest absolute Gasteiger partial charge is 0.373 e. The van der Waals surface area contributed by atoms with Gasteiger partial charge in [-0.15, -0.1) is 6.58 Å². The third-order valence-electron chi connectivity index (χ3n) is 4.66. The van der Waals surface area contributed by atoms with Crippen LogP contribution < -0.4 is 10.6 Å². The Morgan fingerprint density at radius 1 is 1.46 bits per heavy atom. The van der Waals surface area contributed by atoms with Crippen molar-refractivity contribution in [2.75, 3.05) is 38.1 Å². The second-order valence-corrected chi connectivity index (χ2v) is 6.41. The van der Waals surface area contributed by atoms with Crippen LogP contribution in [0.2, 0.25) is 0 Å². The fourth-order valence-corrected chi connectivity index (χ4v) is 3.29. The summed E-state index contributed by atoms with van der Waals surface area (Å²) in [4.78, 5) is 18.7. The van der Waals surface area contributed by atoms with Gasteiger partial charge in [-0.05, 0) is 31.5 Å². The SMILES string of the molecule is C=CCNC(=O)c1ccc(NC[C@@H]2CN3CCCC[C@@H]3CO2)nc1. The van der Waals surface area contributed by atoms with Crippen LogP contribution in [0.15, 0.2) is 31.0 Å². The third kappa shape index (κ3) is 4.33. The Morgan fingerprint density at radius 3 is 3.17 bits per heavy atom. The van der Waals surface area contributed by atoms with Crippen molar-refractivity contribution < 1.29 is 9.53 Å². The molecule has 2 aliphatic rings. The monoisotopic (exact) mass is 330 g/mol. The van der Waals surface area contributed by atoms with Gasteiger partial charge in [0.25, 0.3) is 5.91 Å². The highest BCUT2D eigenvalue weighted by molar-refractivity contribution is 5.94. The summed E-state index contributed by atoms with van der Waals surface area (Å²) in [7, 11) is 0. The number of amides is 1. The summed E-state index contributed by atoms with van der Waals surface area (Å²) < 4.78 is 5.97. The van der Waals surface area contributed by atoms with Crippen LogP contribution in [-0.2, 0) is 4.74 Å². The Hall–Kier alpha value is -1.92. The molecule has 3 rings (SSSR count). The van der Waals surface area contributed by atoms with E-state index < -0.39 is 0 Å². The standard InChI is InChI=1S/C18H26N4O2/c1-2-8-19-18(23)14-6-7-17(20-10-14)21-11-16-12-22-9-4-3-5-15(22)13-24-16/h2,6-7,10,15-16H,1,3-5,8-9,11-13H2,(H,19,23)(H,20,21)/t15-,16-/m1/s1. The minimum absolute atomic E-state index is 0.138. The smallest absolute Gasteiger partial charge is 0.253 e. The van der Waals surface area contributed by atoms with E-state index in [-0.39, 0.29) is 12.0 Å². The molecule has 0 radical (unpaired) electrons. The van der Waals surface area contributed by atoms with Crippen LogP contribution in [-0.4, -0.2) is 60.7 Å². The van der Waals surface area contributed by atoms with Gasteiger partial charge in [0.15, 0.2) is 0 Å². The van der Waals surface area contributed by atoms with Gasteiger partial charge in [0.05, 0.1) is 18.3 Å². The number of ether oxygens (including phenoxy) is 1. The van der Waals surface area contributed by atoms with Crippen molar-refractivity contribution in [1.29, 1.82) is 0 Å². The van der Waals surface area contributed by atoms with E-state index >= 15 is 0 Å². The molecule has 2 atom stereocenters. The van der Waals surface area contributed by atoms with Crippen LogP contribution in [0.1, 0.15) is 29.6 Å². The summed E-state index contributed by atoms with van der Waals surface area (Å²) in [6.45, 7) is 7.78. The molecule has 0 aromatic carbocycles. The van der Waals surface area contributed by atoms with Crippen molar-refractivity contribution >= 4 is 11.7 Å². The maximum absolute atomic E-state index is 11.8. The maximum atomic E-state index is 11.8. The highest BCUT2D eigenvalue weighted by Crippen LogP contribution is 2.22. The molecule has 1 aromatic heterocycles. The molecule has 2 saturated heterocycles. The molecule has 1 aromatic rings. The van der Waals surface area contributed by atoms with Crippen LogP contribution in [0, 0.1) is 0 Å². The molecule has 0 aliphatic carbocycles. The molecule has 6 heteroatoms. The number of nitrogens with zero attached hydrogens (tertiary/aromatic N) is 2. The Labute approximate surface area is 143 Å². The number of morpholine rings is 1. The first-order valence-corrected chi connectivity index (χ1v) is 8.71. The molecular formula is C18H26N4O2. The van der Waals surface area contributed by atoms with Crippen molar-refractivity contribution in [3.8, 4) is 0 Å². The van der Waals surface area contributed by atoms with Gasteiger partial charge in [-0.25, -0.2) is 4.98 Å². The first kappa shape index (κ1) is 16.9. The molecule has 2 N–H and O–H groups in total. The third-order valence-corrected chi connectivity index (χ3v) is 4.66. The molecule has 1 amide bonds. The predicted octanol–water partition coefficient (Wildman–Crippen LogP) is 1.66. The Bertz CT molecular complexity index is 561. The average molecular weight is 330 g/mol. The molecule has 0 unspecified atom stereocenters. The topological polar surface area (TPSA) is 66.5 Å². The number of hydrogen-bond acceptors (Lipinski definition) is 5. The van der Waals surface area contributed by atoms with Crippen LogP contribution in [0.3, 0.4) is 0 Å². The van der Waals surface area contributed by atoms with E-state index in [9.17, 15) is 4.79 Å². The number of piperidine rings is 1. The van der Waals surface area contributed by atoms with Crippen molar-refractivity contribution in [2.24, 2.45) is 0 Å². The first-order chi connectivity index (χ1) is 11.8. The van der Waals surface area contributed by atoms with E-state index in [1.54, 1.807) is 18.3 Å². The maximum Gasteiger partial charge on any atom is 0.253 e. The van der Waals surface area contributed by atoms with E-state index in [1.165, 1.54) is 25.8 Å². The molecule has 6 nitrogen and oxygen atoms in total. The van der Waals surface area contributed by atoms with Crippen molar-refractivity contribution in [1.82, 2.24) is 15.2 Å². The number of rotatable bonds is 6. The lowest BCUT2D eigenvalue weighted by Crippen LogP contribution is -2.53. The van der Waals surface area contributed by atoms with Gasteiger partial charge in [-0.2, -0.15) is 0 Å². The van der Waals surface area contributed by atoms with Crippen LogP contribution in [0.4, 0.5) is 5.82 Å². The van der Waals surface area contributed by atoms with Gasteiger partial charge in [0, 0.05) is 31.9 Å². The zero-order chi connectivity index (χ0) is 16.8.